The molecule has 2 aromatic rings. The third-order valence-electron chi connectivity index (χ3n) is 3.14. The van der Waals surface area contributed by atoms with E-state index in [0.717, 1.165) is 31.6 Å². The van der Waals surface area contributed by atoms with E-state index in [4.69, 9.17) is 4.74 Å². The molecule has 3 heterocycles. The van der Waals surface area contributed by atoms with E-state index in [1.54, 1.807) is 7.11 Å². The molecule has 2 N–H and O–H groups in total. The number of hydrogen-bond acceptors (Lipinski definition) is 3. The molecule has 4 heteroatoms. The highest BCUT2D eigenvalue weighted by atomic mass is 16.5. The number of ether oxygens (including phenoxy) is 1. The first kappa shape index (κ1) is 9.66. The van der Waals surface area contributed by atoms with Gasteiger partial charge < -0.3 is 15.0 Å². The van der Waals surface area contributed by atoms with E-state index in [-0.39, 0.29) is 0 Å². The maximum absolute atomic E-state index is 5.14. The first-order chi connectivity index (χ1) is 7.88. The molecule has 0 spiro atoms. The fraction of sp³-hybridized carbons (Fsp3) is 0.417. The average Bonchev–Trinajstić information content (AvgIpc) is 2.50. The Bertz CT molecular complexity index is 518. The van der Waals surface area contributed by atoms with Crippen LogP contribution in [0.3, 0.4) is 0 Å². The summed E-state index contributed by atoms with van der Waals surface area (Å²) >= 11 is 0. The molecule has 1 aliphatic rings. The fourth-order valence-corrected chi connectivity index (χ4v) is 2.33. The van der Waals surface area contributed by atoms with Gasteiger partial charge in [0.25, 0.3) is 0 Å². The second-order valence-electron chi connectivity index (χ2n) is 4.08. The second-order valence-corrected chi connectivity index (χ2v) is 4.08. The standard InChI is InChI=1S/C12H15N3O/c1-16-11-3-2-9-8-4-6-13-7-5-10(8)14-12(9)15-11/h2-3,13H,4-7H2,1H3,(H,14,15). The van der Waals surface area contributed by atoms with Gasteiger partial charge in [-0.25, -0.2) is 0 Å². The minimum Gasteiger partial charge on any atom is -0.481 e. The Balaban J connectivity index is 2.17. The lowest BCUT2D eigenvalue weighted by atomic mass is 10.1. The number of hydrogen-bond donors (Lipinski definition) is 2. The molecule has 0 bridgehead atoms. The summed E-state index contributed by atoms with van der Waals surface area (Å²) < 4.78 is 5.14. The molecule has 0 aromatic carbocycles. The molecule has 0 saturated heterocycles. The van der Waals surface area contributed by atoms with Crippen molar-refractivity contribution in [2.45, 2.75) is 12.8 Å². The lowest BCUT2D eigenvalue weighted by molar-refractivity contribution is 0.399. The predicted octanol–water partition coefficient (Wildman–Crippen LogP) is 1.26. The topological polar surface area (TPSA) is 49.9 Å². The molecule has 0 atom stereocenters. The van der Waals surface area contributed by atoms with Crippen LogP contribution in [0.5, 0.6) is 5.88 Å². The van der Waals surface area contributed by atoms with Crippen molar-refractivity contribution in [3.8, 4) is 5.88 Å². The molecule has 0 amide bonds. The number of nitrogens with one attached hydrogen (secondary N) is 2. The highest BCUT2D eigenvalue weighted by molar-refractivity contribution is 5.82. The Labute approximate surface area is 94.0 Å². The van der Waals surface area contributed by atoms with Gasteiger partial charge >= 0.3 is 0 Å². The summed E-state index contributed by atoms with van der Waals surface area (Å²) in [5.41, 5.74) is 3.68. The van der Waals surface area contributed by atoms with Gasteiger partial charge in [0.15, 0.2) is 0 Å². The number of nitrogens with zero attached hydrogens (tertiary/aromatic N) is 1. The van der Waals surface area contributed by atoms with Crippen LogP contribution in [0.1, 0.15) is 11.3 Å². The van der Waals surface area contributed by atoms with Crippen LogP contribution in [0.15, 0.2) is 12.1 Å². The van der Waals surface area contributed by atoms with Crippen molar-refractivity contribution in [2.75, 3.05) is 20.2 Å². The van der Waals surface area contributed by atoms with Crippen LogP contribution >= 0.6 is 0 Å². The molecule has 3 rings (SSSR count). The zero-order valence-electron chi connectivity index (χ0n) is 9.34. The monoisotopic (exact) mass is 217 g/mol. The summed E-state index contributed by atoms with van der Waals surface area (Å²) in [5.74, 6) is 0.669. The zero-order valence-corrected chi connectivity index (χ0v) is 9.34. The molecule has 0 saturated carbocycles. The van der Waals surface area contributed by atoms with Crippen LogP contribution in [0, 0.1) is 0 Å². The highest BCUT2D eigenvalue weighted by Gasteiger charge is 2.14. The van der Waals surface area contributed by atoms with Crippen LogP contribution in [-0.4, -0.2) is 30.2 Å². The summed E-state index contributed by atoms with van der Waals surface area (Å²) in [6.07, 6.45) is 2.12. The minimum absolute atomic E-state index is 0.669. The van der Waals surface area contributed by atoms with Gasteiger partial charge in [-0.2, -0.15) is 4.98 Å². The summed E-state index contributed by atoms with van der Waals surface area (Å²) in [6.45, 7) is 2.09. The first-order valence-corrected chi connectivity index (χ1v) is 5.63. The predicted molar refractivity (Wildman–Crippen MR) is 62.9 cm³/mol. The van der Waals surface area contributed by atoms with Crippen molar-refractivity contribution in [1.29, 1.82) is 0 Å². The molecule has 0 aliphatic carbocycles. The maximum atomic E-state index is 5.14. The molecular formula is C12H15N3O. The average molecular weight is 217 g/mol. The number of methoxy groups -OCH3 is 1. The van der Waals surface area contributed by atoms with E-state index in [9.17, 15) is 0 Å². The van der Waals surface area contributed by atoms with E-state index < -0.39 is 0 Å². The van der Waals surface area contributed by atoms with Gasteiger partial charge in [0.05, 0.1) is 7.11 Å². The normalized spacial score (nSPS) is 15.8. The largest absolute Gasteiger partial charge is 0.481 e. The first-order valence-electron chi connectivity index (χ1n) is 5.63. The van der Waals surface area contributed by atoms with Gasteiger partial charge in [-0.05, 0) is 24.6 Å². The Hall–Kier alpha value is -1.55. The molecule has 0 fully saturated rings. The van der Waals surface area contributed by atoms with Crippen molar-refractivity contribution in [3.05, 3.63) is 23.4 Å². The molecule has 16 heavy (non-hydrogen) atoms. The van der Waals surface area contributed by atoms with Crippen molar-refractivity contribution in [2.24, 2.45) is 0 Å². The Morgan fingerprint density at radius 2 is 2.12 bits per heavy atom. The summed E-state index contributed by atoms with van der Waals surface area (Å²) in [4.78, 5) is 7.83. The molecule has 0 unspecified atom stereocenters. The smallest absolute Gasteiger partial charge is 0.214 e. The van der Waals surface area contributed by atoms with Crippen molar-refractivity contribution < 1.29 is 4.74 Å². The maximum Gasteiger partial charge on any atom is 0.214 e. The minimum atomic E-state index is 0.669. The Kier molecular flexibility index (Phi) is 2.29. The highest BCUT2D eigenvalue weighted by Crippen LogP contribution is 2.25. The van der Waals surface area contributed by atoms with Crippen LogP contribution < -0.4 is 10.1 Å². The molecule has 4 nitrogen and oxygen atoms in total. The number of rotatable bonds is 1. The second kappa shape index (κ2) is 3.79. The van der Waals surface area contributed by atoms with E-state index in [2.05, 4.69) is 21.4 Å². The lowest BCUT2D eigenvalue weighted by Gasteiger charge is -1.99. The van der Waals surface area contributed by atoms with Crippen LogP contribution in [-0.2, 0) is 12.8 Å². The van der Waals surface area contributed by atoms with E-state index in [0.29, 0.717) is 5.88 Å². The Morgan fingerprint density at radius 1 is 1.25 bits per heavy atom. The zero-order chi connectivity index (χ0) is 11.0. The number of aromatic amines is 1. The quantitative estimate of drug-likeness (QED) is 0.756. The molecule has 2 aromatic heterocycles. The number of aromatic nitrogens is 2. The van der Waals surface area contributed by atoms with Crippen LogP contribution in [0.2, 0.25) is 0 Å². The number of H-pyrrole nitrogens is 1. The van der Waals surface area contributed by atoms with E-state index >= 15 is 0 Å². The van der Waals surface area contributed by atoms with Gasteiger partial charge in [0.1, 0.15) is 5.65 Å². The fourth-order valence-electron chi connectivity index (χ4n) is 2.33. The van der Waals surface area contributed by atoms with E-state index in [1.165, 1.54) is 16.6 Å². The van der Waals surface area contributed by atoms with Gasteiger partial charge in [0, 0.05) is 30.1 Å². The molecule has 1 aliphatic heterocycles. The van der Waals surface area contributed by atoms with Gasteiger partial charge in [-0.3, -0.25) is 0 Å². The lowest BCUT2D eigenvalue weighted by Crippen LogP contribution is -2.16. The van der Waals surface area contributed by atoms with Crippen LogP contribution in [0.4, 0.5) is 0 Å². The number of fused-ring (bicyclic) bond motifs is 3. The van der Waals surface area contributed by atoms with Gasteiger partial charge in [-0.15, -0.1) is 0 Å². The molecule has 0 radical (unpaired) electrons. The van der Waals surface area contributed by atoms with Gasteiger partial charge in [0.2, 0.25) is 5.88 Å². The van der Waals surface area contributed by atoms with Crippen molar-refractivity contribution in [1.82, 2.24) is 15.3 Å². The molecule has 84 valence electrons. The third-order valence-corrected chi connectivity index (χ3v) is 3.14. The Morgan fingerprint density at radius 3 is 3.00 bits per heavy atom. The summed E-state index contributed by atoms with van der Waals surface area (Å²) in [7, 11) is 1.64. The van der Waals surface area contributed by atoms with Crippen molar-refractivity contribution in [3.63, 3.8) is 0 Å². The molecular weight excluding hydrogens is 202 g/mol. The summed E-state index contributed by atoms with van der Waals surface area (Å²) in [6, 6.07) is 4.02. The van der Waals surface area contributed by atoms with Crippen molar-refractivity contribution >= 4 is 11.0 Å². The SMILES string of the molecule is COc1ccc2c3c([nH]c2n1)CCNCC3. The van der Waals surface area contributed by atoms with Gasteiger partial charge in [-0.1, -0.05) is 0 Å². The van der Waals surface area contributed by atoms with E-state index in [1.807, 2.05) is 6.07 Å². The van der Waals surface area contributed by atoms with Crippen LogP contribution in [0.25, 0.3) is 11.0 Å². The third kappa shape index (κ3) is 1.46. The number of pyridine rings is 1. The summed E-state index contributed by atoms with van der Waals surface area (Å²) in [5, 5.41) is 4.64.